The minimum Gasteiger partial charge on any atom is -0.373 e. The van der Waals surface area contributed by atoms with E-state index in [2.05, 4.69) is 16.9 Å². The van der Waals surface area contributed by atoms with E-state index >= 15 is 0 Å². The molecule has 2 aliphatic heterocycles. The minimum atomic E-state index is -0.161. The van der Waals surface area contributed by atoms with Crippen LogP contribution in [-0.4, -0.2) is 47.0 Å². The number of likely N-dealkylation sites (N-methyl/N-ethyl adjacent to an activating group) is 1. The van der Waals surface area contributed by atoms with Gasteiger partial charge in [0.25, 0.3) is 5.91 Å². The number of carbonyl (C=O) groups is 2. The van der Waals surface area contributed by atoms with Crippen LogP contribution in [0.5, 0.6) is 0 Å². The second kappa shape index (κ2) is 10.1. The lowest BCUT2D eigenvalue weighted by Crippen LogP contribution is -2.48. The summed E-state index contributed by atoms with van der Waals surface area (Å²) in [6, 6.07) is 17.5. The molecule has 0 aliphatic carbocycles. The van der Waals surface area contributed by atoms with Gasteiger partial charge in [0.05, 0.1) is 24.5 Å². The number of rotatable bonds is 5. The Labute approximate surface area is 215 Å². The number of anilines is 2. The van der Waals surface area contributed by atoms with Crippen molar-refractivity contribution >= 4 is 40.2 Å². The number of thiazole rings is 1. The van der Waals surface area contributed by atoms with Crippen LogP contribution in [0, 0.1) is 0 Å². The second-order valence-electron chi connectivity index (χ2n) is 9.09. The van der Waals surface area contributed by atoms with Gasteiger partial charge < -0.3 is 14.7 Å². The third-order valence-electron chi connectivity index (χ3n) is 6.71. The highest BCUT2D eigenvalue weighted by Crippen LogP contribution is 2.43. The van der Waals surface area contributed by atoms with Gasteiger partial charge >= 0.3 is 0 Å². The van der Waals surface area contributed by atoms with E-state index in [-0.39, 0.29) is 23.9 Å². The molecule has 0 saturated heterocycles. The predicted molar refractivity (Wildman–Crippen MR) is 145 cm³/mol. The van der Waals surface area contributed by atoms with Gasteiger partial charge in [0.15, 0.2) is 0 Å². The zero-order valence-electron chi connectivity index (χ0n) is 20.7. The molecule has 0 N–H and O–H groups in total. The molecule has 2 atom stereocenters. The summed E-state index contributed by atoms with van der Waals surface area (Å²) in [7, 11) is 1.98. The number of aliphatic imine (C=N–C) groups is 1. The molecule has 8 heteroatoms. The van der Waals surface area contributed by atoms with Gasteiger partial charge in [-0.1, -0.05) is 43.3 Å². The third kappa shape index (κ3) is 4.44. The Kier molecular flexibility index (Phi) is 6.69. The van der Waals surface area contributed by atoms with Crippen molar-refractivity contribution in [3.05, 3.63) is 88.6 Å². The summed E-state index contributed by atoms with van der Waals surface area (Å²) < 4.78 is 0. The van der Waals surface area contributed by atoms with E-state index in [1.807, 2.05) is 82.5 Å². The van der Waals surface area contributed by atoms with Crippen molar-refractivity contribution in [2.45, 2.75) is 38.8 Å². The van der Waals surface area contributed by atoms with Crippen molar-refractivity contribution in [1.29, 1.82) is 0 Å². The van der Waals surface area contributed by atoms with Crippen molar-refractivity contribution in [3.8, 4) is 0 Å². The first kappa shape index (κ1) is 23.9. The van der Waals surface area contributed by atoms with Crippen LogP contribution >= 0.6 is 11.3 Å². The van der Waals surface area contributed by atoms with Crippen LogP contribution in [0.3, 0.4) is 0 Å². The standard InChI is InChI=1S/C28H29N5O2S/c1-4-20-16-25(32(19(2)34)21-10-6-5-7-11-21)22-12-8-9-13-24(22)33(20)28(35)26-17-30-27(36-26)23-18-31(3)15-14-29-23/h5-15,17,20,25H,4,16,18H2,1-3H3/t20-,25+/m0/s1. The fourth-order valence-corrected chi connectivity index (χ4v) is 5.87. The maximum Gasteiger partial charge on any atom is 0.270 e. The Morgan fingerprint density at radius 1 is 1.11 bits per heavy atom. The number of hydrogen-bond donors (Lipinski definition) is 0. The number of amides is 2. The molecule has 3 aromatic rings. The van der Waals surface area contributed by atoms with Crippen LogP contribution in [0.1, 0.15) is 53.0 Å². The van der Waals surface area contributed by atoms with Gasteiger partial charge in [-0.15, -0.1) is 11.3 Å². The largest absolute Gasteiger partial charge is 0.373 e. The molecule has 0 fully saturated rings. The Morgan fingerprint density at radius 2 is 1.86 bits per heavy atom. The lowest BCUT2D eigenvalue weighted by Gasteiger charge is -2.44. The van der Waals surface area contributed by atoms with Gasteiger partial charge in [-0.3, -0.25) is 14.6 Å². The monoisotopic (exact) mass is 499 g/mol. The van der Waals surface area contributed by atoms with Crippen molar-refractivity contribution < 1.29 is 9.59 Å². The molecule has 5 rings (SSSR count). The quantitative estimate of drug-likeness (QED) is 0.479. The van der Waals surface area contributed by atoms with Gasteiger partial charge in [0.1, 0.15) is 9.88 Å². The molecule has 0 unspecified atom stereocenters. The van der Waals surface area contributed by atoms with E-state index < -0.39 is 0 Å². The van der Waals surface area contributed by atoms with Crippen molar-refractivity contribution in [2.75, 3.05) is 23.4 Å². The number of benzene rings is 2. The number of para-hydroxylation sites is 2. The molecule has 2 aromatic carbocycles. The lowest BCUT2D eigenvalue weighted by molar-refractivity contribution is -0.117. The molecule has 0 spiro atoms. The molecule has 3 heterocycles. The fourth-order valence-electron chi connectivity index (χ4n) is 5.03. The van der Waals surface area contributed by atoms with E-state index in [1.54, 1.807) is 19.3 Å². The summed E-state index contributed by atoms with van der Waals surface area (Å²) in [5.74, 6) is -0.0825. The van der Waals surface area contributed by atoms with Crippen LogP contribution in [-0.2, 0) is 4.79 Å². The lowest BCUT2D eigenvalue weighted by atomic mass is 9.88. The van der Waals surface area contributed by atoms with Crippen molar-refractivity contribution in [2.24, 2.45) is 4.99 Å². The van der Waals surface area contributed by atoms with Gasteiger partial charge in [-0.05, 0) is 36.6 Å². The van der Waals surface area contributed by atoms with E-state index in [0.717, 1.165) is 34.1 Å². The number of nitrogens with zero attached hydrogens (tertiary/aromatic N) is 5. The van der Waals surface area contributed by atoms with Gasteiger partial charge in [-0.2, -0.15) is 0 Å². The van der Waals surface area contributed by atoms with E-state index in [0.29, 0.717) is 17.8 Å². The molecule has 0 bridgehead atoms. The van der Waals surface area contributed by atoms with Gasteiger partial charge in [-0.25, -0.2) is 4.98 Å². The summed E-state index contributed by atoms with van der Waals surface area (Å²) in [4.78, 5) is 42.2. The number of fused-ring (bicyclic) bond motifs is 1. The highest BCUT2D eigenvalue weighted by atomic mass is 32.1. The van der Waals surface area contributed by atoms with E-state index in [1.165, 1.54) is 11.3 Å². The number of aromatic nitrogens is 1. The van der Waals surface area contributed by atoms with Gasteiger partial charge in [0, 0.05) is 43.8 Å². The van der Waals surface area contributed by atoms with Gasteiger partial charge in [0.2, 0.25) is 5.91 Å². The van der Waals surface area contributed by atoms with Crippen LogP contribution in [0.2, 0.25) is 0 Å². The highest BCUT2D eigenvalue weighted by molar-refractivity contribution is 7.15. The molecular formula is C28H29N5O2S. The molecule has 36 heavy (non-hydrogen) atoms. The molecule has 0 saturated carbocycles. The number of carbonyl (C=O) groups excluding carboxylic acids is 2. The predicted octanol–water partition coefficient (Wildman–Crippen LogP) is 5.27. The topological polar surface area (TPSA) is 69.1 Å². The Balaban J connectivity index is 1.52. The normalized spacial score (nSPS) is 19.0. The Hall–Kier alpha value is -3.78. The van der Waals surface area contributed by atoms with Crippen LogP contribution < -0.4 is 9.80 Å². The molecule has 2 aliphatic rings. The maximum atomic E-state index is 13.9. The first-order valence-electron chi connectivity index (χ1n) is 12.1. The minimum absolute atomic E-state index is 0.0185. The SMILES string of the molecule is CC[C@H]1C[C@@H](N(C(C)=O)c2ccccc2)c2ccccc2N1C(=O)c1cnc(C2=NC=CN(C)C2)s1. The average molecular weight is 500 g/mol. The first-order valence-corrected chi connectivity index (χ1v) is 13.0. The number of hydrogen-bond acceptors (Lipinski definition) is 6. The van der Waals surface area contributed by atoms with E-state index in [9.17, 15) is 9.59 Å². The summed E-state index contributed by atoms with van der Waals surface area (Å²) in [6.45, 7) is 4.35. The molecule has 0 radical (unpaired) electrons. The smallest absolute Gasteiger partial charge is 0.270 e. The van der Waals surface area contributed by atoms with Crippen LogP contribution in [0.4, 0.5) is 11.4 Å². The maximum absolute atomic E-state index is 13.9. The summed E-state index contributed by atoms with van der Waals surface area (Å²) in [6.07, 6.45) is 6.75. The molecule has 7 nitrogen and oxygen atoms in total. The summed E-state index contributed by atoms with van der Waals surface area (Å²) >= 11 is 1.38. The molecular weight excluding hydrogens is 470 g/mol. The molecule has 1 aromatic heterocycles. The second-order valence-corrected chi connectivity index (χ2v) is 10.1. The third-order valence-corrected chi connectivity index (χ3v) is 7.74. The zero-order valence-corrected chi connectivity index (χ0v) is 21.5. The van der Waals surface area contributed by atoms with Crippen LogP contribution in [0.25, 0.3) is 0 Å². The fraction of sp³-hybridized carbons (Fsp3) is 0.286. The van der Waals surface area contributed by atoms with Crippen molar-refractivity contribution in [3.63, 3.8) is 0 Å². The van der Waals surface area contributed by atoms with Crippen LogP contribution in [0.15, 0.2) is 78.2 Å². The Bertz CT molecular complexity index is 1330. The summed E-state index contributed by atoms with van der Waals surface area (Å²) in [5.41, 5.74) is 3.54. The van der Waals surface area contributed by atoms with Crippen molar-refractivity contribution in [1.82, 2.24) is 9.88 Å². The first-order chi connectivity index (χ1) is 17.5. The summed E-state index contributed by atoms with van der Waals surface area (Å²) in [5, 5.41) is 0.762. The Morgan fingerprint density at radius 3 is 2.58 bits per heavy atom. The highest BCUT2D eigenvalue weighted by Gasteiger charge is 2.39. The molecule has 2 amide bonds. The zero-order chi connectivity index (χ0) is 25.2. The van der Waals surface area contributed by atoms with E-state index in [4.69, 9.17) is 0 Å². The molecule has 184 valence electrons. The average Bonchev–Trinajstić information content (AvgIpc) is 3.39.